The zero-order valence-corrected chi connectivity index (χ0v) is 16.5. The van der Waals surface area contributed by atoms with Crippen LogP contribution in [0, 0.1) is 11.3 Å². The van der Waals surface area contributed by atoms with Gasteiger partial charge in [0, 0.05) is 4.88 Å². The number of hydrogen-bond donors (Lipinski definition) is 2. The van der Waals surface area contributed by atoms with E-state index in [1.54, 1.807) is 35.6 Å². The fourth-order valence-corrected chi connectivity index (χ4v) is 4.80. The van der Waals surface area contributed by atoms with Gasteiger partial charge in [0.15, 0.2) is 5.11 Å². The van der Waals surface area contributed by atoms with Crippen LogP contribution in [0.4, 0.5) is 5.00 Å². The van der Waals surface area contributed by atoms with Gasteiger partial charge in [0.05, 0.1) is 16.1 Å². The summed E-state index contributed by atoms with van der Waals surface area (Å²) >= 11 is 12.9. The van der Waals surface area contributed by atoms with Gasteiger partial charge in [-0.05, 0) is 55.6 Å². The van der Waals surface area contributed by atoms with Gasteiger partial charge in [0.1, 0.15) is 11.1 Å². The number of thiophene rings is 1. The van der Waals surface area contributed by atoms with E-state index in [1.807, 2.05) is 0 Å². The lowest BCUT2D eigenvalue weighted by Crippen LogP contribution is -2.34. The second kappa shape index (κ2) is 8.63. The Bertz CT molecular complexity index is 885. The van der Waals surface area contributed by atoms with Gasteiger partial charge in [-0.25, -0.2) is 0 Å². The molecule has 134 valence electrons. The molecule has 7 heteroatoms. The zero-order chi connectivity index (χ0) is 18.5. The zero-order valence-electron chi connectivity index (χ0n) is 14.1. The number of halogens is 1. The maximum atomic E-state index is 12.3. The number of rotatable bonds is 2. The average molecular weight is 404 g/mol. The molecule has 2 N–H and O–H groups in total. The lowest BCUT2D eigenvalue weighted by atomic mass is 9.97. The van der Waals surface area contributed by atoms with Crippen molar-refractivity contribution in [2.45, 2.75) is 38.5 Å². The van der Waals surface area contributed by atoms with Crippen molar-refractivity contribution < 1.29 is 4.79 Å². The van der Waals surface area contributed by atoms with Crippen LogP contribution in [0.2, 0.25) is 5.02 Å². The van der Waals surface area contributed by atoms with Crippen LogP contribution < -0.4 is 10.6 Å². The maximum absolute atomic E-state index is 12.3. The summed E-state index contributed by atoms with van der Waals surface area (Å²) < 4.78 is 0. The van der Waals surface area contributed by atoms with Gasteiger partial charge >= 0.3 is 0 Å². The van der Waals surface area contributed by atoms with E-state index in [1.165, 1.54) is 17.7 Å². The first-order chi connectivity index (χ1) is 12.6. The van der Waals surface area contributed by atoms with E-state index in [2.05, 4.69) is 16.7 Å². The molecule has 1 aliphatic carbocycles. The highest BCUT2D eigenvalue weighted by atomic mass is 35.5. The molecule has 0 saturated carbocycles. The molecule has 1 aromatic carbocycles. The first-order valence-electron chi connectivity index (χ1n) is 8.51. The van der Waals surface area contributed by atoms with Gasteiger partial charge in [-0.1, -0.05) is 36.6 Å². The minimum absolute atomic E-state index is 0.167. The van der Waals surface area contributed by atoms with Crippen molar-refractivity contribution in [2.24, 2.45) is 0 Å². The highest BCUT2D eigenvalue weighted by Gasteiger charge is 2.20. The quantitative estimate of drug-likeness (QED) is 0.688. The van der Waals surface area contributed by atoms with E-state index >= 15 is 0 Å². The molecule has 0 radical (unpaired) electrons. The molecular formula is C19H18ClN3OS2. The van der Waals surface area contributed by atoms with E-state index in [0.717, 1.165) is 31.2 Å². The molecule has 26 heavy (non-hydrogen) atoms. The maximum Gasteiger partial charge on any atom is 0.258 e. The largest absolute Gasteiger partial charge is 0.323 e. The first kappa shape index (κ1) is 18.8. The molecule has 0 atom stereocenters. The average Bonchev–Trinajstić information content (AvgIpc) is 2.90. The molecule has 2 aromatic rings. The van der Waals surface area contributed by atoms with Crippen LogP contribution in [0.1, 0.15) is 52.0 Å². The number of aryl methyl sites for hydroxylation is 1. The number of fused-ring (bicyclic) bond motifs is 1. The van der Waals surface area contributed by atoms with Crippen molar-refractivity contribution in [3.8, 4) is 6.07 Å². The number of nitrogens with one attached hydrogen (secondary N) is 2. The smallest absolute Gasteiger partial charge is 0.258 e. The summed E-state index contributed by atoms with van der Waals surface area (Å²) in [5, 5.41) is 16.5. The Morgan fingerprint density at radius 3 is 2.65 bits per heavy atom. The van der Waals surface area contributed by atoms with Crippen LogP contribution in [0.25, 0.3) is 0 Å². The third-order valence-electron chi connectivity index (χ3n) is 4.36. The van der Waals surface area contributed by atoms with E-state index in [0.29, 0.717) is 21.2 Å². The fourth-order valence-electron chi connectivity index (χ4n) is 3.08. The topological polar surface area (TPSA) is 64.9 Å². The van der Waals surface area contributed by atoms with Crippen molar-refractivity contribution >= 4 is 51.2 Å². The second-order valence-electron chi connectivity index (χ2n) is 6.12. The van der Waals surface area contributed by atoms with E-state index in [4.69, 9.17) is 23.8 Å². The summed E-state index contributed by atoms with van der Waals surface area (Å²) in [6.45, 7) is 0. The normalized spacial score (nSPS) is 13.7. The highest BCUT2D eigenvalue weighted by molar-refractivity contribution is 7.80. The van der Waals surface area contributed by atoms with Gasteiger partial charge < -0.3 is 5.32 Å². The number of nitrogens with zero attached hydrogens (tertiary/aromatic N) is 1. The number of thiocarbonyl (C=S) groups is 1. The number of benzene rings is 1. The van der Waals surface area contributed by atoms with Crippen molar-refractivity contribution in [3.63, 3.8) is 0 Å². The lowest BCUT2D eigenvalue weighted by molar-refractivity contribution is 0.0978. The molecule has 0 unspecified atom stereocenters. The number of hydrogen-bond acceptors (Lipinski definition) is 4. The minimum atomic E-state index is -0.374. The fraction of sp³-hybridized carbons (Fsp3) is 0.316. The number of carbonyl (C=O) groups is 1. The van der Waals surface area contributed by atoms with Crippen molar-refractivity contribution in [3.05, 3.63) is 50.9 Å². The molecule has 0 fully saturated rings. The second-order valence-corrected chi connectivity index (χ2v) is 8.04. The number of nitriles is 1. The Morgan fingerprint density at radius 2 is 1.92 bits per heavy atom. The van der Waals surface area contributed by atoms with Crippen molar-refractivity contribution in [2.75, 3.05) is 5.32 Å². The number of amides is 1. The first-order valence-corrected chi connectivity index (χ1v) is 10.1. The van der Waals surface area contributed by atoms with Gasteiger partial charge in [0.2, 0.25) is 0 Å². The van der Waals surface area contributed by atoms with Crippen LogP contribution in [-0.4, -0.2) is 11.0 Å². The molecule has 1 aromatic heterocycles. The SMILES string of the molecule is N#Cc1c(NC(=S)NC(=O)c2ccccc2Cl)sc2c1CCCCCC2. The highest BCUT2D eigenvalue weighted by Crippen LogP contribution is 2.36. The van der Waals surface area contributed by atoms with Crippen LogP contribution in [0.5, 0.6) is 0 Å². The third-order valence-corrected chi connectivity index (χ3v) is 6.10. The van der Waals surface area contributed by atoms with Gasteiger partial charge in [-0.3, -0.25) is 10.1 Å². The Kier molecular flexibility index (Phi) is 6.25. The predicted octanol–water partition coefficient (Wildman–Crippen LogP) is 5.06. The molecule has 3 rings (SSSR count). The summed E-state index contributed by atoms with van der Waals surface area (Å²) in [4.78, 5) is 13.6. The lowest BCUT2D eigenvalue weighted by Gasteiger charge is -2.09. The van der Waals surface area contributed by atoms with Gasteiger partial charge in [-0.2, -0.15) is 5.26 Å². The molecule has 1 heterocycles. The van der Waals surface area contributed by atoms with Crippen LogP contribution in [0.3, 0.4) is 0 Å². The standard InChI is InChI=1S/C19H18ClN3OS2/c20-15-9-6-5-8-13(15)17(24)22-19(25)23-18-14(11-21)12-7-3-1-2-4-10-16(12)26-18/h5-6,8-9H,1-4,7,10H2,(H2,22,23,24,25). The summed E-state index contributed by atoms with van der Waals surface area (Å²) in [5.41, 5.74) is 2.15. The molecular weight excluding hydrogens is 386 g/mol. The Labute approximate surface area is 167 Å². The summed E-state index contributed by atoms with van der Waals surface area (Å²) in [6.07, 6.45) is 6.60. The molecule has 1 amide bonds. The molecule has 0 spiro atoms. The Balaban J connectivity index is 1.75. The minimum Gasteiger partial charge on any atom is -0.323 e. The summed E-state index contributed by atoms with van der Waals surface area (Å²) in [7, 11) is 0. The van der Waals surface area contributed by atoms with E-state index in [-0.39, 0.29) is 11.0 Å². The summed E-state index contributed by atoms with van der Waals surface area (Å²) in [5.74, 6) is -0.374. The van der Waals surface area contributed by atoms with Crippen molar-refractivity contribution in [1.29, 1.82) is 5.26 Å². The van der Waals surface area contributed by atoms with Crippen molar-refractivity contribution in [1.82, 2.24) is 5.32 Å². The third kappa shape index (κ3) is 4.24. The summed E-state index contributed by atoms with van der Waals surface area (Å²) in [6, 6.07) is 9.10. The predicted molar refractivity (Wildman–Crippen MR) is 110 cm³/mol. The molecule has 0 aliphatic heterocycles. The Hall–Kier alpha value is -1.94. The van der Waals surface area contributed by atoms with Crippen LogP contribution >= 0.6 is 35.2 Å². The van der Waals surface area contributed by atoms with Gasteiger partial charge in [-0.15, -0.1) is 11.3 Å². The van der Waals surface area contributed by atoms with Crippen LogP contribution in [0.15, 0.2) is 24.3 Å². The molecule has 1 aliphatic rings. The van der Waals surface area contributed by atoms with E-state index in [9.17, 15) is 10.1 Å². The number of carbonyl (C=O) groups excluding carboxylic acids is 1. The number of anilines is 1. The van der Waals surface area contributed by atoms with Gasteiger partial charge in [0.25, 0.3) is 5.91 Å². The monoisotopic (exact) mass is 403 g/mol. The van der Waals surface area contributed by atoms with Crippen LogP contribution in [-0.2, 0) is 12.8 Å². The molecule has 0 bridgehead atoms. The Morgan fingerprint density at radius 1 is 1.19 bits per heavy atom. The molecule has 0 saturated heterocycles. The molecule has 4 nitrogen and oxygen atoms in total. The van der Waals surface area contributed by atoms with E-state index < -0.39 is 0 Å².